The number of halogens is 2. The van der Waals surface area contributed by atoms with Crippen LogP contribution in [0.4, 0.5) is 5.69 Å². The number of anilines is 1. The van der Waals surface area contributed by atoms with Crippen molar-refractivity contribution < 1.29 is 13.9 Å². The second kappa shape index (κ2) is 8.18. The Morgan fingerprint density at radius 1 is 1.31 bits per heavy atom. The van der Waals surface area contributed by atoms with Crippen LogP contribution in [0, 0.1) is 12.8 Å². The summed E-state index contributed by atoms with van der Waals surface area (Å²) in [5.74, 6) is 1.28. The minimum atomic E-state index is 0.00114. The summed E-state index contributed by atoms with van der Waals surface area (Å²) >= 11 is 12.5. The minimum Gasteiger partial charge on any atom is -0.495 e. The van der Waals surface area contributed by atoms with Gasteiger partial charge in [0.1, 0.15) is 18.6 Å². The lowest BCUT2D eigenvalue weighted by Gasteiger charge is -2.21. The fourth-order valence-electron chi connectivity index (χ4n) is 4.19. The van der Waals surface area contributed by atoms with Crippen LogP contribution in [-0.2, 0) is 11.3 Å². The Hall–Kier alpha value is -2.97. The highest BCUT2D eigenvalue weighted by atomic mass is 35.5. The van der Waals surface area contributed by atoms with Gasteiger partial charge in [-0.3, -0.25) is 9.48 Å². The van der Waals surface area contributed by atoms with Crippen molar-refractivity contribution in [3.05, 3.63) is 58.2 Å². The molecular weight excluding hydrogens is 453 g/mol. The molecule has 1 aromatic carbocycles. The lowest BCUT2D eigenvalue weighted by Crippen LogP contribution is -2.34. The van der Waals surface area contributed by atoms with Crippen molar-refractivity contribution >= 4 is 34.8 Å². The van der Waals surface area contributed by atoms with Gasteiger partial charge in [0.15, 0.2) is 5.69 Å². The van der Waals surface area contributed by atoms with E-state index in [-0.39, 0.29) is 12.5 Å². The maximum atomic E-state index is 13.0. The van der Waals surface area contributed by atoms with Crippen molar-refractivity contribution in [2.75, 3.05) is 31.6 Å². The Morgan fingerprint density at radius 3 is 2.88 bits per heavy atom. The van der Waals surface area contributed by atoms with Gasteiger partial charge in [-0.05, 0) is 24.6 Å². The van der Waals surface area contributed by atoms with Gasteiger partial charge >= 0.3 is 0 Å². The Balaban J connectivity index is 1.28. The highest BCUT2D eigenvalue weighted by molar-refractivity contribution is 6.33. The molecule has 1 fully saturated rings. The Bertz CT molecular complexity index is 1200. The molecule has 0 radical (unpaired) electrons. The summed E-state index contributed by atoms with van der Waals surface area (Å²) in [4.78, 5) is 21.1. The number of methoxy groups -OCH3 is 1. The molecule has 10 heteroatoms. The molecule has 1 atom stereocenters. The molecule has 5 rings (SSSR count). The summed E-state index contributed by atoms with van der Waals surface area (Å²) in [5, 5.41) is 5.47. The predicted molar refractivity (Wildman–Crippen MR) is 121 cm³/mol. The molecule has 8 nitrogen and oxygen atoms in total. The predicted octanol–water partition coefficient (Wildman–Crippen LogP) is 4.02. The summed E-state index contributed by atoms with van der Waals surface area (Å²) in [6.07, 6.45) is 5.12. The number of nitrogens with zero attached hydrogens (tertiary/aromatic N) is 5. The normalized spacial score (nSPS) is 17.6. The van der Waals surface area contributed by atoms with Crippen molar-refractivity contribution in [3.8, 4) is 17.3 Å². The molecule has 1 saturated heterocycles. The van der Waals surface area contributed by atoms with Crippen molar-refractivity contribution in [1.82, 2.24) is 19.7 Å². The number of carbonyl (C=O) groups excluding carboxylic acids is 1. The molecule has 166 valence electrons. The first-order valence-corrected chi connectivity index (χ1v) is 10.9. The third-order valence-corrected chi connectivity index (χ3v) is 6.71. The van der Waals surface area contributed by atoms with E-state index in [1.54, 1.807) is 11.8 Å². The first-order valence-electron chi connectivity index (χ1n) is 10.2. The second-order valence-corrected chi connectivity index (χ2v) is 8.67. The fraction of sp³-hybridized carbons (Fsp3) is 0.318. The van der Waals surface area contributed by atoms with Crippen LogP contribution in [0.25, 0.3) is 11.6 Å². The first-order chi connectivity index (χ1) is 15.4. The average Bonchev–Trinajstić information content (AvgIpc) is 3.55. The van der Waals surface area contributed by atoms with Gasteiger partial charge in [0.25, 0.3) is 0 Å². The van der Waals surface area contributed by atoms with Gasteiger partial charge in [-0.15, -0.1) is 0 Å². The van der Waals surface area contributed by atoms with E-state index in [0.29, 0.717) is 52.1 Å². The monoisotopic (exact) mass is 473 g/mol. The average molecular weight is 474 g/mol. The molecule has 0 saturated carbocycles. The molecule has 3 aromatic rings. The second-order valence-electron chi connectivity index (χ2n) is 7.89. The summed E-state index contributed by atoms with van der Waals surface area (Å²) in [6.45, 7) is 4.03. The third-order valence-electron chi connectivity index (χ3n) is 5.95. The largest absolute Gasteiger partial charge is 0.495 e. The SMILES string of the molecule is COc1cc(N2C=C3CN(C(=O)Cn4nc(-c5ncco5)c(Cl)c4C)CC3C2)ccc1Cl. The number of rotatable bonds is 5. The van der Waals surface area contributed by atoms with Gasteiger partial charge in [0.05, 0.1) is 29.0 Å². The highest BCUT2D eigenvalue weighted by Gasteiger charge is 2.36. The zero-order chi connectivity index (χ0) is 22.4. The Morgan fingerprint density at radius 2 is 2.16 bits per heavy atom. The molecule has 2 aliphatic heterocycles. The van der Waals surface area contributed by atoms with Gasteiger partial charge in [-0.1, -0.05) is 23.2 Å². The van der Waals surface area contributed by atoms with E-state index >= 15 is 0 Å². The number of benzene rings is 1. The molecule has 0 aliphatic carbocycles. The molecule has 2 aromatic heterocycles. The van der Waals surface area contributed by atoms with E-state index in [1.165, 1.54) is 18.0 Å². The van der Waals surface area contributed by atoms with Gasteiger partial charge in [-0.2, -0.15) is 5.10 Å². The van der Waals surface area contributed by atoms with E-state index in [1.807, 2.05) is 30.0 Å². The van der Waals surface area contributed by atoms with Crippen LogP contribution in [0.5, 0.6) is 5.75 Å². The van der Waals surface area contributed by atoms with E-state index < -0.39 is 0 Å². The quantitative estimate of drug-likeness (QED) is 0.556. The van der Waals surface area contributed by atoms with Gasteiger partial charge < -0.3 is 19.0 Å². The summed E-state index contributed by atoms with van der Waals surface area (Å²) in [5.41, 5.74) is 3.40. The summed E-state index contributed by atoms with van der Waals surface area (Å²) in [7, 11) is 1.61. The lowest BCUT2D eigenvalue weighted by atomic mass is 10.1. The van der Waals surface area contributed by atoms with E-state index in [2.05, 4.69) is 21.2 Å². The molecule has 0 bridgehead atoms. The topological polar surface area (TPSA) is 76.6 Å². The van der Waals surface area contributed by atoms with Crippen LogP contribution in [0.3, 0.4) is 0 Å². The number of aromatic nitrogens is 3. The number of oxazole rings is 1. The number of fused-ring (bicyclic) bond motifs is 1. The first kappa shape index (κ1) is 20.9. The third kappa shape index (κ3) is 3.63. The standard InChI is InChI=1S/C22H21Cl2N5O3/c1-13-20(24)21(22-25-5-6-32-22)26-29(13)12-19(30)28-10-14-8-27(9-15(14)11-28)16-3-4-17(23)18(7-16)31-2/h3-8,15H,9-12H2,1-2H3. The van der Waals surface area contributed by atoms with E-state index in [9.17, 15) is 4.79 Å². The number of hydrogen-bond donors (Lipinski definition) is 0. The van der Waals surface area contributed by atoms with Crippen LogP contribution in [0.15, 0.2) is 46.8 Å². The van der Waals surface area contributed by atoms with Gasteiger partial charge in [0, 0.05) is 43.5 Å². The Labute approximate surface area is 195 Å². The highest BCUT2D eigenvalue weighted by Crippen LogP contribution is 2.36. The van der Waals surface area contributed by atoms with Crippen molar-refractivity contribution in [2.24, 2.45) is 5.92 Å². The maximum absolute atomic E-state index is 13.0. The number of carbonyl (C=O) groups is 1. The van der Waals surface area contributed by atoms with Crippen LogP contribution in [0.2, 0.25) is 10.0 Å². The lowest BCUT2D eigenvalue weighted by molar-refractivity contribution is -0.131. The summed E-state index contributed by atoms with van der Waals surface area (Å²) in [6, 6.07) is 5.74. The molecular formula is C22H21Cl2N5O3. The number of amides is 1. The smallest absolute Gasteiger partial charge is 0.248 e. The number of ether oxygens (including phenoxy) is 1. The minimum absolute atomic E-state index is 0.00114. The molecule has 32 heavy (non-hydrogen) atoms. The van der Waals surface area contributed by atoms with Crippen molar-refractivity contribution in [1.29, 1.82) is 0 Å². The molecule has 1 amide bonds. The number of hydrogen-bond acceptors (Lipinski definition) is 6. The molecule has 2 aliphatic rings. The molecule has 4 heterocycles. The van der Waals surface area contributed by atoms with Gasteiger partial charge in [0.2, 0.25) is 11.8 Å². The maximum Gasteiger partial charge on any atom is 0.248 e. The van der Waals surface area contributed by atoms with E-state index in [4.69, 9.17) is 32.4 Å². The Kier molecular flexibility index (Phi) is 5.35. The zero-order valence-corrected chi connectivity index (χ0v) is 19.1. The van der Waals surface area contributed by atoms with Crippen LogP contribution >= 0.6 is 23.2 Å². The van der Waals surface area contributed by atoms with Crippen molar-refractivity contribution in [3.63, 3.8) is 0 Å². The van der Waals surface area contributed by atoms with Crippen LogP contribution in [0.1, 0.15) is 5.69 Å². The van der Waals surface area contributed by atoms with Crippen LogP contribution < -0.4 is 9.64 Å². The summed E-state index contributed by atoms with van der Waals surface area (Å²) < 4.78 is 12.2. The molecule has 0 spiro atoms. The fourth-order valence-corrected chi connectivity index (χ4v) is 4.60. The van der Waals surface area contributed by atoms with Gasteiger partial charge in [-0.25, -0.2) is 4.98 Å². The zero-order valence-electron chi connectivity index (χ0n) is 17.6. The number of likely N-dealkylation sites (tertiary alicyclic amines) is 1. The molecule has 1 unspecified atom stereocenters. The van der Waals surface area contributed by atoms with E-state index in [0.717, 1.165) is 12.2 Å². The molecule has 0 N–H and O–H groups in total. The van der Waals surface area contributed by atoms with Crippen molar-refractivity contribution in [2.45, 2.75) is 13.5 Å². The van der Waals surface area contributed by atoms with Crippen LogP contribution in [-0.4, -0.2) is 52.3 Å².